The maximum atomic E-state index is 5.09. The Morgan fingerprint density at radius 2 is 0.667 bits per heavy atom. The summed E-state index contributed by atoms with van der Waals surface area (Å²) in [6, 6.07) is 19.9. The van der Waals surface area contributed by atoms with Gasteiger partial charge in [0.05, 0.1) is 11.4 Å². The van der Waals surface area contributed by atoms with Crippen LogP contribution >= 0.6 is 0 Å². The quantitative estimate of drug-likeness (QED) is 0.178. The fourth-order valence-corrected chi connectivity index (χ4v) is 7.84. The molecule has 0 radical (unpaired) electrons. The van der Waals surface area contributed by atoms with Gasteiger partial charge in [0, 0.05) is 24.2 Å². The highest BCUT2D eigenvalue weighted by atomic mass is 15.2. The van der Waals surface area contributed by atoms with Crippen molar-refractivity contribution in [2.45, 2.75) is 159 Å². The Balaban J connectivity index is 1.08. The molecule has 2 aromatic carbocycles. The molecule has 244 valence electrons. The molecule has 4 N–H and O–H groups in total. The van der Waals surface area contributed by atoms with E-state index in [4.69, 9.17) is 9.98 Å². The molecule has 4 fully saturated rings. The van der Waals surface area contributed by atoms with E-state index in [0.717, 1.165) is 29.7 Å². The Morgan fingerprint density at radius 3 is 0.933 bits per heavy atom. The number of hydrogen-bond acceptors (Lipinski definition) is 2. The van der Waals surface area contributed by atoms with Gasteiger partial charge in [0.25, 0.3) is 0 Å². The molecule has 45 heavy (non-hydrogen) atoms. The molecule has 0 spiro atoms. The van der Waals surface area contributed by atoms with E-state index < -0.39 is 0 Å². The highest BCUT2D eigenvalue weighted by Crippen LogP contribution is 2.23. The third-order valence-corrected chi connectivity index (χ3v) is 10.5. The highest BCUT2D eigenvalue weighted by Gasteiger charge is 2.20. The van der Waals surface area contributed by atoms with Crippen LogP contribution in [-0.4, -0.2) is 36.1 Å². The molecule has 0 saturated heterocycles. The second-order valence-electron chi connectivity index (χ2n) is 14.3. The van der Waals surface area contributed by atoms with E-state index in [-0.39, 0.29) is 0 Å². The van der Waals surface area contributed by atoms with Gasteiger partial charge in [-0.25, -0.2) is 9.98 Å². The lowest BCUT2D eigenvalue weighted by Gasteiger charge is -2.29. The Bertz CT molecular complexity index is 1060. The van der Waals surface area contributed by atoms with Gasteiger partial charge in [0.15, 0.2) is 11.9 Å². The zero-order valence-corrected chi connectivity index (χ0v) is 27.7. The molecular formula is C39H58N6. The predicted octanol–water partition coefficient (Wildman–Crippen LogP) is 8.94. The van der Waals surface area contributed by atoms with Crippen molar-refractivity contribution in [1.82, 2.24) is 21.3 Å². The van der Waals surface area contributed by atoms with Crippen LogP contribution < -0.4 is 21.3 Å². The van der Waals surface area contributed by atoms with Crippen LogP contribution in [0.2, 0.25) is 0 Å². The third-order valence-electron chi connectivity index (χ3n) is 10.5. The molecule has 2 aromatic rings. The van der Waals surface area contributed by atoms with Crippen molar-refractivity contribution >= 4 is 23.3 Å². The van der Waals surface area contributed by atoms with Gasteiger partial charge in [0.2, 0.25) is 0 Å². The minimum atomic E-state index is 0.544. The van der Waals surface area contributed by atoms with Crippen LogP contribution in [0.5, 0.6) is 0 Å². The van der Waals surface area contributed by atoms with Crippen LogP contribution in [-0.2, 0) is 6.42 Å². The number of nitrogens with one attached hydrogen (secondary N) is 4. The van der Waals surface area contributed by atoms with Gasteiger partial charge in [-0.2, -0.15) is 0 Å². The lowest BCUT2D eigenvalue weighted by Crippen LogP contribution is -2.48. The van der Waals surface area contributed by atoms with Gasteiger partial charge in [-0.3, -0.25) is 0 Å². The number of benzene rings is 2. The molecule has 4 aliphatic carbocycles. The summed E-state index contributed by atoms with van der Waals surface area (Å²) in [4.78, 5) is 10.2. The van der Waals surface area contributed by atoms with Gasteiger partial charge < -0.3 is 21.3 Å². The number of hydrogen-bond donors (Lipinski definition) is 4. The van der Waals surface area contributed by atoms with E-state index in [1.165, 1.54) is 140 Å². The molecule has 4 saturated carbocycles. The van der Waals surface area contributed by atoms with Gasteiger partial charge in [-0.15, -0.1) is 0 Å². The van der Waals surface area contributed by atoms with Crippen molar-refractivity contribution in [3.05, 3.63) is 59.7 Å². The molecule has 0 atom stereocenters. The molecule has 6 heteroatoms. The van der Waals surface area contributed by atoms with Crippen LogP contribution in [0.4, 0.5) is 11.4 Å². The van der Waals surface area contributed by atoms with Gasteiger partial charge >= 0.3 is 0 Å². The largest absolute Gasteiger partial charge is 0.353 e. The van der Waals surface area contributed by atoms with Crippen molar-refractivity contribution in [2.75, 3.05) is 0 Å². The third kappa shape index (κ3) is 10.5. The zero-order valence-electron chi connectivity index (χ0n) is 27.7. The predicted molar refractivity (Wildman–Crippen MR) is 190 cm³/mol. The summed E-state index contributed by atoms with van der Waals surface area (Å²) < 4.78 is 0. The van der Waals surface area contributed by atoms with Crippen LogP contribution in [0, 0.1) is 0 Å². The SMILES string of the molecule is c1cc(N=C(NC2CCCCC2)NC2CCCCC2)ccc1Cc1ccc(N=C(NC2CCCCC2)NC2CCCCC2)cc1. The Hall–Kier alpha value is -3.02. The van der Waals surface area contributed by atoms with Crippen LogP contribution in [0.1, 0.15) is 140 Å². The van der Waals surface area contributed by atoms with E-state index in [1.807, 2.05) is 0 Å². The van der Waals surface area contributed by atoms with Crippen LogP contribution in [0.25, 0.3) is 0 Å². The zero-order chi connectivity index (χ0) is 30.5. The van der Waals surface area contributed by atoms with Gasteiger partial charge in [-0.05, 0) is 93.2 Å². The first-order chi connectivity index (χ1) is 22.2. The smallest absolute Gasteiger partial charge is 0.196 e. The molecule has 0 unspecified atom stereocenters. The maximum absolute atomic E-state index is 5.09. The molecule has 0 bridgehead atoms. The van der Waals surface area contributed by atoms with Crippen LogP contribution in [0.3, 0.4) is 0 Å². The van der Waals surface area contributed by atoms with Crippen molar-refractivity contribution in [1.29, 1.82) is 0 Å². The number of rotatable bonds is 8. The lowest BCUT2D eigenvalue weighted by atomic mass is 9.95. The molecule has 0 heterocycles. The van der Waals surface area contributed by atoms with Crippen molar-refractivity contribution in [3.63, 3.8) is 0 Å². The van der Waals surface area contributed by atoms with Crippen molar-refractivity contribution in [2.24, 2.45) is 9.98 Å². The summed E-state index contributed by atoms with van der Waals surface area (Å²) in [5.74, 6) is 1.96. The van der Waals surface area contributed by atoms with Crippen molar-refractivity contribution in [3.8, 4) is 0 Å². The van der Waals surface area contributed by atoms with E-state index in [0.29, 0.717) is 24.2 Å². The lowest BCUT2D eigenvalue weighted by molar-refractivity contribution is 0.389. The summed E-state index contributed by atoms with van der Waals surface area (Å²) in [6.45, 7) is 0. The normalized spacial score (nSPS) is 20.6. The summed E-state index contributed by atoms with van der Waals surface area (Å²) >= 11 is 0. The molecule has 0 aromatic heterocycles. The summed E-state index contributed by atoms with van der Waals surface area (Å²) in [5.41, 5.74) is 4.67. The number of nitrogens with zero attached hydrogens (tertiary/aromatic N) is 2. The van der Waals surface area contributed by atoms with Crippen molar-refractivity contribution < 1.29 is 0 Å². The average Bonchev–Trinajstić information content (AvgIpc) is 3.08. The Kier molecular flexibility index (Phi) is 12.1. The Morgan fingerprint density at radius 1 is 0.400 bits per heavy atom. The minimum Gasteiger partial charge on any atom is -0.353 e. The van der Waals surface area contributed by atoms with Gasteiger partial charge in [0.1, 0.15) is 0 Å². The maximum Gasteiger partial charge on any atom is 0.196 e. The molecule has 0 aliphatic heterocycles. The average molecular weight is 611 g/mol. The highest BCUT2D eigenvalue weighted by molar-refractivity contribution is 5.84. The topological polar surface area (TPSA) is 72.8 Å². The van der Waals surface area contributed by atoms with Crippen LogP contribution in [0.15, 0.2) is 58.5 Å². The number of guanidine groups is 2. The molecular weight excluding hydrogens is 552 g/mol. The molecule has 0 amide bonds. The molecule has 4 aliphatic rings. The van der Waals surface area contributed by atoms with Gasteiger partial charge in [-0.1, -0.05) is 101 Å². The minimum absolute atomic E-state index is 0.544. The molecule has 6 rings (SSSR count). The fourth-order valence-electron chi connectivity index (χ4n) is 7.84. The second kappa shape index (κ2) is 17.1. The Labute approximate surface area is 272 Å². The summed E-state index contributed by atoms with van der Waals surface area (Å²) in [7, 11) is 0. The standard InChI is InChI=1S/C39H58N6/c1-5-13-32(14-6-1)40-38(41-33-15-7-2-8-16-33)44-36-25-21-30(22-26-36)29-31-23-27-37(28-24-31)45-39(42-34-17-9-3-10-18-34)43-35-19-11-4-12-20-35/h21-28,32-35H,1-20,29H2,(H2,40,41,44)(H2,42,43,45). The molecule has 6 nitrogen and oxygen atoms in total. The second-order valence-corrected chi connectivity index (χ2v) is 14.3. The van der Waals surface area contributed by atoms with E-state index in [9.17, 15) is 0 Å². The first-order valence-corrected chi connectivity index (χ1v) is 18.7. The van der Waals surface area contributed by atoms with E-state index in [2.05, 4.69) is 69.8 Å². The summed E-state index contributed by atoms with van der Waals surface area (Å²) in [6.07, 6.45) is 27.0. The number of aliphatic imine (C=N–C) groups is 2. The first kappa shape index (κ1) is 31.9. The van der Waals surface area contributed by atoms with E-state index >= 15 is 0 Å². The monoisotopic (exact) mass is 610 g/mol. The summed E-state index contributed by atoms with van der Waals surface area (Å²) in [5, 5.41) is 15.2. The fraction of sp³-hybridized carbons (Fsp3) is 0.641. The first-order valence-electron chi connectivity index (χ1n) is 18.7. The van der Waals surface area contributed by atoms with E-state index in [1.54, 1.807) is 0 Å².